The van der Waals surface area contributed by atoms with Crippen LogP contribution in [-0.2, 0) is 8.85 Å². The maximum atomic E-state index is 6.24. The lowest BCUT2D eigenvalue weighted by atomic mass is 10.5. The van der Waals surface area contributed by atoms with E-state index in [0.29, 0.717) is 0 Å². The smallest absolute Gasteiger partial charge is 0.255 e. The van der Waals surface area contributed by atoms with Gasteiger partial charge in [0.2, 0.25) is 0 Å². The fourth-order valence-corrected chi connectivity index (χ4v) is 9.46. The highest BCUT2D eigenvalue weighted by molar-refractivity contribution is 6.89. The molecule has 0 atom stereocenters. The molecule has 0 bridgehead atoms. The normalized spacial score (nSPS) is 19.4. The molecule has 1 saturated heterocycles. The van der Waals surface area contributed by atoms with Crippen molar-refractivity contribution in [3.63, 3.8) is 0 Å². The fourth-order valence-electron chi connectivity index (χ4n) is 2.05. The molecule has 0 N–H and O–H groups in total. The van der Waals surface area contributed by atoms with Crippen molar-refractivity contribution in [1.82, 2.24) is 4.90 Å². The summed E-state index contributed by atoms with van der Waals surface area (Å²) in [5.74, 6) is 0. The lowest BCUT2D eigenvalue weighted by Crippen LogP contribution is -2.53. The molecule has 0 unspecified atom stereocenters. The highest BCUT2D eigenvalue weighted by Crippen LogP contribution is 2.15. The van der Waals surface area contributed by atoms with Crippen LogP contribution < -0.4 is 0 Å². The minimum Gasteiger partial charge on any atom is -0.446 e. The third-order valence-corrected chi connectivity index (χ3v) is 8.74. The molecule has 1 rings (SSSR count). The van der Waals surface area contributed by atoms with Crippen LogP contribution in [0.25, 0.3) is 0 Å². The summed E-state index contributed by atoms with van der Waals surface area (Å²) in [5, 5.41) is 0. The van der Waals surface area contributed by atoms with Crippen molar-refractivity contribution in [3.8, 4) is 12.0 Å². The number of terminal acetylenes is 1. The number of ether oxygens (including phenoxy) is 1. The minimum absolute atomic E-state index is 0.848. The third-order valence-electron chi connectivity index (χ3n) is 2.59. The maximum absolute atomic E-state index is 6.24. The molecule has 0 amide bonds. The van der Waals surface area contributed by atoms with E-state index in [2.05, 4.69) is 36.6 Å². The van der Waals surface area contributed by atoms with Crippen LogP contribution in [0.4, 0.5) is 0 Å². The fraction of sp³-hybridized carbons (Fsp3) is 0.818. The molecule has 0 saturated carbocycles. The zero-order valence-corrected chi connectivity index (χ0v) is 12.9. The summed E-state index contributed by atoms with van der Waals surface area (Å²) in [6, 6.07) is 0. The quantitative estimate of drug-likeness (QED) is 0.562. The van der Waals surface area contributed by atoms with Gasteiger partial charge in [0.25, 0.3) is 8.32 Å². The Morgan fingerprint density at radius 1 is 1.25 bits per heavy atom. The highest BCUT2D eigenvalue weighted by atomic mass is 28.4. The SMILES string of the molecule is C#C[Si](C)(C)O[Si](C)(C)CN1CCOCC1. The summed E-state index contributed by atoms with van der Waals surface area (Å²) in [4.78, 5) is 2.44. The van der Waals surface area contributed by atoms with Gasteiger partial charge >= 0.3 is 0 Å². The summed E-state index contributed by atoms with van der Waals surface area (Å²) >= 11 is 0. The van der Waals surface area contributed by atoms with Gasteiger partial charge in [0.15, 0.2) is 8.32 Å². The number of nitrogens with zero attached hydrogens (tertiary/aromatic N) is 1. The lowest BCUT2D eigenvalue weighted by Gasteiger charge is -2.36. The molecule has 1 aliphatic rings. The summed E-state index contributed by atoms with van der Waals surface area (Å²) in [5.41, 5.74) is 2.84. The van der Waals surface area contributed by atoms with E-state index in [9.17, 15) is 0 Å². The van der Waals surface area contributed by atoms with E-state index < -0.39 is 16.6 Å². The first-order chi connectivity index (χ1) is 7.35. The Balaban J connectivity index is 2.47. The number of rotatable bonds is 4. The van der Waals surface area contributed by atoms with Crippen LogP contribution in [0.15, 0.2) is 0 Å². The van der Waals surface area contributed by atoms with Crippen LogP contribution >= 0.6 is 0 Å². The Kier molecular flexibility index (Phi) is 4.77. The van der Waals surface area contributed by atoms with Crippen LogP contribution in [0.1, 0.15) is 0 Å². The molecule has 0 aromatic rings. The van der Waals surface area contributed by atoms with Crippen LogP contribution in [0.5, 0.6) is 0 Å². The first-order valence-corrected chi connectivity index (χ1v) is 11.9. The van der Waals surface area contributed by atoms with Crippen molar-refractivity contribution in [2.45, 2.75) is 26.2 Å². The Hall–Kier alpha value is -0.126. The molecule has 0 aromatic carbocycles. The molecule has 1 heterocycles. The molecule has 0 aliphatic carbocycles. The summed E-state index contributed by atoms with van der Waals surface area (Å²) in [7, 11) is -3.52. The van der Waals surface area contributed by atoms with Crippen LogP contribution in [0, 0.1) is 12.0 Å². The van der Waals surface area contributed by atoms with Gasteiger partial charge in [-0.05, 0) is 26.2 Å². The first kappa shape index (κ1) is 13.9. The Morgan fingerprint density at radius 2 is 1.81 bits per heavy atom. The van der Waals surface area contributed by atoms with Crippen molar-refractivity contribution in [3.05, 3.63) is 0 Å². The molecule has 0 spiro atoms. The molecule has 1 fully saturated rings. The largest absolute Gasteiger partial charge is 0.446 e. The second-order valence-corrected chi connectivity index (χ2v) is 13.4. The monoisotopic (exact) mass is 257 g/mol. The number of morpholine rings is 1. The van der Waals surface area contributed by atoms with Crippen molar-refractivity contribution < 1.29 is 8.85 Å². The van der Waals surface area contributed by atoms with E-state index in [4.69, 9.17) is 15.3 Å². The van der Waals surface area contributed by atoms with Gasteiger partial charge in [0, 0.05) is 19.3 Å². The van der Waals surface area contributed by atoms with Gasteiger partial charge in [0.1, 0.15) is 0 Å². The van der Waals surface area contributed by atoms with E-state index in [1.807, 2.05) is 0 Å². The molecule has 0 radical (unpaired) electrons. The number of hydrogen-bond donors (Lipinski definition) is 0. The molecule has 5 heteroatoms. The van der Waals surface area contributed by atoms with E-state index in [0.717, 1.165) is 32.5 Å². The zero-order chi connectivity index (χ0) is 12.2. The Morgan fingerprint density at radius 3 is 2.31 bits per heavy atom. The number of hydrogen-bond acceptors (Lipinski definition) is 3. The minimum atomic E-state index is -1.87. The summed E-state index contributed by atoms with van der Waals surface area (Å²) in [6.45, 7) is 12.5. The van der Waals surface area contributed by atoms with E-state index in [1.54, 1.807) is 0 Å². The maximum Gasteiger partial charge on any atom is 0.255 e. The van der Waals surface area contributed by atoms with Gasteiger partial charge in [-0.2, -0.15) is 0 Å². The highest BCUT2D eigenvalue weighted by Gasteiger charge is 2.33. The predicted molar refractivity (Wildman–Crippen MR) is 72.1 cm³/mol. The average molecular weight is 257 g/mol. The second kappa shape index (κ2) is 5.47. The van der Waals surface area contributed by atoms with E-state index in [-0.39, 0.29) is 0 Å². The molecule has 92 valence electrons. The van der Waals surface area contributed by atoms with Crippen molar-refractivity contribution >= 4 is 16.6 Å². The van der Waals surface area contributed by atoms with Crippen LogP contribution in [-0.4, -0.2) is 54.0 Å². The third kappa shape index (κ3) is 4.81. The lowest BCUT2D eigenvalue weighted by molar-refractivity contribution is 0.0444. The molecular weight excluding hydrogens is 234 g/mol. The average Bonchev–Trinajstić information content (AvgIpc) is 2.17. The van der Waals surface area contributed by atoms with Gasteiger partial charge in [-0.1, -0.05) is 0 Å². The van der Waals surface area contributed by atoms with Crippen molar-refractivity contribution in [2.24, 2.45) is 0 Å². The molecule has 16 heavy (non-hydrogen) atoms. The van der Waals surface area contributed by atoms with Crippen molar-refractivity contribution in [2.75, 3.05) is 32.5 Å². The zero-order valence-electron chi connectivity index (χ0n) is 10.9. The van der Waals surface area contributed by atoms with Gasteiger partial charge in [0.05, 0.1) is 13.2 Å². The van der Waals surface area contributed by atoms with Gasteiger partial charge < -0.3 is 8.85 Å². The van der Waals surface area contributed by atoms with Crippen LogP contribution in [0.2, 0.25) is 26.2 Å². The Bertz CT molecular complexity index is 268. The topological polar surface area (TPSA) is 21.7 Å². The summed E-state index contributed by atoms with van der Waals surface area (Å²) in [6.07, 6.45) is 6.59. The van der Waals surface area contributed by atoms with Gasteiger partial charge in [-0.25, -0.2) is 0 Å². The van der Waals surface area contributed by atoms with Crippen molar-refractivity contribution in [1.29, 1.82) is 0 Å². The van der Waals surface area contributed by atoms with E-state index in [1.165, 1.54) is 0 Å². The van der Waals surface area contributed by atoms with E-state index >= 15 is 0 Å². The first-order valence-electron chi connectivity index (χ1n) is 5.83. The van der Waals surface area contributed by atoms with Gasteiger partial charge in [-0.3, -0.25) is 4.90 Å². The van der Waals surface area contributed by atoms with Crippen LogP contribution in [0.3, 0.4) is 0 Å². The summed E-state index contributed by atoms with van der Waals surface area (Å²) < 4.78 is 11.6. The molecule has 0 aromatic heterocycles. The second-order valence-electron chi connectivity index (χ2n) is 5.40. The molecule has 3 nitrogen and oxygen atoms in total. The predicted octanol–water partition coefficient (Wildman–Crippen LogP) is 1.46. The molecule has 1 aliphatic heterocycles. The standard InChI is InChI=1S/C11H23NO2Si2/c1-6-15(2,3)14-16(4,5)11-12-7-9-13-10-8-12/h1H,7-11H2,2-5H3. The Labute approximate surface area is 101 Å². The van der Waals surface area contributed by atoms with Gasteiger partial charge in [-0.15, -0.1) is 12.0 Å². The molecular formula is C11H23NO2Si2.